The Hall–Kier alpha value is -2.15. The van der Waals surface area contributed by atoms with Crippen LogP contribution < -0.4 is 5.32 Å². The van der Waals surface area contributed by atoms with E-state index < -0.39 is 0 Å². The zero-order valence-corrected chi connectivity index (χ0v) is 13.9. The molecule has 2 aromatic heterocycles. The van der Waals surface area contributed by atoms with Gasteiger partial charge in [-0.05, 0) is 32.3 Å². The molecule has 1 N–H and O–H groups in total. The second kappa shape index (κ2) is 6.54. The van der Waals surface area contributed by atoms with Gasteiger partial charge in [0.15, 0.2) is 5.13 Å². The van der Waals surface area contributed by atoms with E-state index in [1.165, 1.54) is 23.3 Å². The van der Waals surface area contributed by atoms with Crippen molar-refractivity contribution in [1.82, 2.24) is 4.98 Å². The first kappa shape index (κ1) is 15.7. The van der Waals surface area contributed by atoms with Crippen LogP contribution in [0.1, 0.15) is 45.3 Å². The smallest absolute Gasteiger partial charge is 0.305 e. The number of furan rings is 1. The number of thiazole rings is 1. The van der Waals surface area contributed by atoms with Crippen molar-refractivity contribution in [3.05, 3.63) is 33.7 Å². The lowest BCUT2D eigenvalue weighted by molar-refractivity contribution is -0.140. The number of anilines is 1. The summed E-state index contributed by atoms with van der Waals surface area (Å²) in [6, 6.07) is 1.68. The molecule has 3 rings (SSSR count). The summed E-state index contributed by atoms with van der Waals surface area (Å²) in [5.41, 5.74) is 1.58. The van der Waals surface area contributed by atoms with Crippen molar-refractivity contribution in [2.24, 2.45) is 0 Å². The van der Waals surface area contributed by atoms with Gasteiger partial charge in [0.1, 0.15) is 11.5 Å². The molecule has 0 saturated heterocycles. The van der Waals surface area contributed by atoms with E-state index in [1.54, 1.807) is 13.0 Å². The quantitative estimate of drug-likeness (QED) is 0.850. The molecule has 1 amide bonds. The number of rotatable bonds is 5. The molecule has 0 atom stereocenters. The molecule has 0 fully saturated rings. The maximum atomic E-state index is 12.4. The largest absolute Gasteiger partial charge is 0.469 e. The molecule has 2 heterocycles. The van der Waals surface area contributed by atoms with E-state index >= 15 is 0 Å². The third-order valence-electron chi connectivity index (χ3n) is 3.83. The maximum Gasteiger partial charge on any atom is 0.305 e. The summed E-state index contributed by atoms with van der Waals surface area (Å²) in [6.07, 6.45) is 3.82. The third-order valence-corrected chi connectivity index (χ3v) is 4.91. The molecule has 23 heavy (non-hydrogen) atoms. The molecule has 1 aliphatic rings. The van der Waals surface area contributed by atoms with Crippen LogP contribution in [0.3, 0.4) is 0 Å². The Labute approximate surface area is 137 Å². The Morgan fingerprint density at radius 1 is 1.43 bits per heavy atom. The van der Waals surface area contributed by atoms with E-state index in [1.807, 2.05) is 0 Å². The number of hydrogen-bond donors (Lipinski definition) is 1. The van der Waals surface area contributed by atoms with Gasteiger partial charge in [-0.25, -0.2) is 4.98 Å². The highest BCUT2D eigenvalue weighted by molar-refractivity contribution is 7.16. The van der Waals surface area contributed by atoms with E-state index in [0.717, 1.165) is 25.0 Å². The van der Waals surface area contributed by atoms with E-state index in [2.05, 4.69) is 15.0 Å². The van der Waals surface area contributed by atoms with Crippen LogP contribution in [-0.4, -0.2) is 24.0 Å². The highest BCUT2D eigenvalue weighted by Gasteiger charge is 2.20. The van der Waals surface area contributed by atoms with Gasteiger partial charge in [0.2, 0.25) is 0 Å². The van der Waals surface area contributed by atoms with Crippen LogP contribution in [-0.2, 0) is 28.8 Å². The van der Waals surface area contributed by atoms with Crippen LogP contribution >= 0.6 is 11.3 Å². The number of hydrogen-bond acceptors (Lipinski definition) is 6. The number of esters is 1. The second-order valence-corrected chi connectivity index (χ2v) is 6.54. The van der Waals surface area contributed by atoms with E-state index in [4.69, 9.17) is 4.42 Å². The molecule has 1 aliphatic carbocycles. The Morgan fingerprint density at radius 3 is 3.00 bits per heavy atom. The number of fused-ring (bicyclic) bond motifs is 1. The topological polar surface area (TPSA) is 81.4 Å². The molecule has 2 aromatic rings. The predicted molar refractivity (Wildman–Crippen MR) is 85.9 cm³/mol. The molecule has 0 unspecified atom stereocenters. The molecule has 0 saturated carbocycles. The van der Waals surface area contributed by atoms with Crippen LogP contribution in [0.2, 0.25) is 0 Å². The number of carbonyl (C=O) groups is 2. The van der Waals surface area contributed by atoms with Crippen molar-refractivity contribution in [2.75, 3.05) is 12.4 Å². The summed E-state index contributed by atoms with van der Waals surface area (Å²) < 4.78 is 10.1. The number of carbonyl (C=O) groups excluding carboxylic acids is 2. The second-order valence-electron chi connectivity index (χ2n) is 5.46. The SMILES string of the molecule is COC(=O)CCc1cc(C(=O)Nc2nc3c(s2)CCC3)c(C)o1. The Morgan fingerprint density at radius 2 is 2.26 bits per heavy atom. The van der Waals surface area contributed by atoms with Crippen molar-refractivity contribution >= 4 is 28.3 Å². The van der Waals surface area contributed by atoms with Crippen LogP contribution in [0.15, 0.2) is 10.5 Å². The summed E-state index contributed by atoms with van der Waals surface area (Å²) in [6.45, 7) is 1.73. The first-order valence-electron chi connectivity index (χ1n) is 7.53. The molecule has 122 valence electrons. The maximum absolute atomic E-state index is 12.4. The average molecular weight is 334 g/mol. The molecular weight excluding hydrogens is 316 g/mol. The molecule has 7 heteroatoms. The van der Waals surface area contributed by atoms with E-state index in [9.17, 15) is 9.59 Å². The number of ether oxygens (including phenoxy) is 1. The summed E-state index contributed by atoms with van der Waals surface area (Å²) in [4.78, 5) is 29.3. The van der Waals surface area contributed by atoms with Crippen molar-refractivity contribution in [1.29, 1.82) is 0 Å². The minimum atomic E-state index is -0.303. The monoisotopic (exact) mass is 334 g/mol. The van der Waals surface area contributed by atoms with Gasteiger partial charge in [0, 0.05) is 11.3 Å². The molecular formula is C16H18N2O4S. The van der Waals surface area contributed by atoms with Gasteiger partial charge in [0.25, 0.3) is 5.91 Å². The molecule has 0 radical (unpaired) electrons. The van der Waals surface area contributed by atoms with Crippen LogP contribution in [0.5, 0.6) is 0 Å². The van der Waals surface area contributed by atoms with Gasteiger partial charge >= 0.3 is 5.97 Å². The Kier molecular flexibility index (Phi) is 4.47. The van der Waals surface area contributed by atoms with Gasteiger partial charge in [-0.1, -0.05) is 0 Å². The van der Waals surface area contributed by atoms with Gasteiger partial charge in [-0.3, -0.25) is 14.9 Å². The fourth-order valence-corrected chi connectivity index (χ4v) is 3.67. The highest BCUT2D eigenvalue weighted by Crippen LogP contribution is 2.30. The summed E-state index contributed by atoms with van der Waals surface area (Å²) in [5, 5.41) is 3.47. The lowest BCUT2D eigenvalue weighted by Crippen LogP contribution is -2.12. The standard InChI is InChI=1S/C16H18N2O4S/c1-9-11(8-10(22-9)6-7-14(19)21-2)15(20)18-16-17-12-4-3-5-13(12)23-16/h8H,3-7H2,1-2H3,(H,17,18,20). The van der Waals surface area contributed by atoms with Crippen molar-refractivity contribution < 1.29 is 18.7 Å². The Bertz CT molecular complexity index is 726. The lowest BCUT2D eigenvalue weighted by atomic mass is 10.2. The van der Waals surface area contributed by atoms with E-state index in [0.29, 0.717) is 28.6 Å². The fraction of sp³-hybridized carbons (Fsp3) is 0.438. The normalized spacial score (nSPS) is 13.0. The lowest BCUT2D eigenvalue weighted by Gasteiger charge is -1.99. The van der Waals surface area contributed by atoms with Crippen LogP contribution in [0.25, 0.3) is 0 Å². The number of nitrogens with zero attached hydrogens (tertiary/aromatic N) is 1. The van der Waals surface area contributed by atoms with Crippen LogP contribution in [0, 0.1) is 6.92 Å². The number of nitrogens with one attached hydrogen (secondary N) is 1. The van der Waals surface area contributed by atoms with Gasteiger partial charge < -0.3 is 9.15 Å². The first-order valence-corrected chi connectivity index (χ1v) is 8.34. The zero-order valence-electron chi connectivity index (χ0n) is 13.1. The minimum absolute atomic E-state index is 0.226. The van der Waals surface area contributed by atoms with Gasteiger partial charge in [-0.2, -0.15) is 0 Å². The minimum Gasteiger partial charge on any atom is -0.469 e. The summed E-state index contributed by atoms with van der Waals surface area (Å²) in [5.74, 6) is 0.594. The van der Waals surface area contributed by atoms with Gasteiger partial charge in [0.05, 0.1) is 24.8 Å². The fourth-order valence-electron chi connectivity index (χ4n) is 2.63. The number of methoxy groups -OCH3 is 1. The van der Waals surface area contributed by atoms with Crippen molar-refractivity contribution in [3.8, 4) is 0 Å². The molecule has 0 aromatic carbocycles. The molecule has 0 spiro atoms. The zero-order chi connectivity index (χ0) is 16.4. The third kappa shape index (κ3) is 3.44. The highest BCUT2D eigenvalue weighted by atomic mass is 32.1. The number of amides is 1. The predicted octanol–water partition coefficient (Wildman–Crippen LogP) is 2.89. The molecule has 6 nitrogen and oxygen atoms in total. The summed E-state index contributed by atoms with van der Waals surface area (Å²) >= 11 is 1.54. The van der Waals surface area contributed by atoms with Crippen LogP contribution in [0.4, 0.5) is 5.13 Å². The van der Waals surface area contributed by atoms with Crippen molar-refractivity contribution in [3.63, 3.8) is 0 Å². The number of aromatic nitrogens is 1. The average Bonchev–Trinajstić information content (AvgIpc) is 3.19. The molecule has 0 bridgehead atoms. The first-order chi connectivity index (χ1) is 11.1. The van der Waals surface area contributed by atoms with E-state index in [-0.39, 0.29) is 18.3 Å². The number of aryl methyl sites for hydroxylation is 4. The molecule has 0 aliphatic heterocycles. The summed E-state index contributed by atoms with van der Waals surface area (Å²) in [7, 11) is 1.35. The van der Waals surface area contributed by atoms with Crippen molar-refractivity contribution in [2.45, 2.75) is 39.0 Å². The Balaban J connectivity index is 1.66. The van der Waals surface area contributed by atoms with Gasteiger partial charge in [-0.15, -0.1) is 11.3 Å².